The van der Waals surface area contributed by atoms with Crippen LogP contribution in [-0.4, -0.2) is 79.5 Å². The van der Waals surface area contributed by atoms with E-state index < -0.39 is 24.6 Å². The molecule has 10 heteroatoms. The molecule has 0 unspecified atom stereocenters. The Morgan fingerprint density at radius 2 is 2.02 bits per heavy atom. The first-order valence-corrected chi connectivity index (χ1v) is 14.5. The fourth-order valence-corrected chi connectivity index (χ4v) is 5.28. The van der Waals surface area contributed by atoms with E-state index in [0.717, 1.165) is 49.9 Å². The Morgan fingerprint density at radius 3 is 2.76 bits per heavy atom. The lowest BCUT2D eigenvalue weighted by atomic mass is 9.92. The maximum Gasteiger partial charge on any atom is 0.305 e. The summed E-state index contributed by atoms with van der Waals surface area (Å²) in [5.74, 6) is -0.581. The molecule has 224 valence electrons. The summed E-state index contributed by atoms with van der Waals surface area (Å²) in [5.41, 5.74) is 1.86. The third-order valence-electron chi connectivity index (χ3n) is 7.67. The second-order valence-electron chi connectivity index (χ2n) is 10.8. The third kappa shape index (κ3) is 10.4. The number of benzene rings is 1. The van der Waals surface area contributed by atoms with Gasteiger partial charge < -0.3 is 25.4 Å². The van der Waals surface area contributed by atoms with Gasteiger partial charge in [0.25, 0.3) is 0 Å². The van der Waals surface area contributed by atoms with Crippen molar-refractivity contribution < 1.29 is 28.6 Å². The van der Waals surface area contributed by atoms with Crippen molar-refractivity contribution in [2.75, 3.05) is 39.5 Å². The summed E-state index contributed by atoms with van der Waals surface area (Å²) in [7, 11) is 0. The smallest absolute Gasteiger partial charge is 0.305 e. The summed E-state index contributed by atoms with van der Waals surface area (Å²) in [4.78, 5) is 43.7. The number of halogens is 1. The van der Waals surface area contributed by atoms with Gasteiger partial charge in [0, 0.05) is 37.5 Å². The highest BCUT2D eigenvalue weighted by Crippen LogP contribution is 2.26. The predicted octanol–water partition coefficient (Wildman–Crippen LogP) is 4.00. The van der Waals surface area contributed by atoms with Crippen LogP contribution in [0.2, 0.25) is 0 Å². The minimum absolute atomic E-state index is 0.0494. The molecular formula is C31H43FN4O5. The number of nitrogens with one attached hydrogen (secondary N) is 2. The quantitative estimate of drug-likeness (QED) is 0.291. The second kappa shape index (κ2) is 16.7. The van der Waals surface area contributed by atoms with Crippen LogP contribution in [0.1, 0.15) is 57.4 Å². The predicted molar refractivity (Wildman–Crippen MR) is 158 cm³/mol. The van der Waals surface area contributed by atoms with E-state index in [1.165, 1.54) is 6.21 Å². The number of carboxylic acids is 1. The number of para-hydroxylation sites is 1. The van der Waals surface area contributed by atoms with Crippen molar-refractivity contribution in [1.82, 2.24) is 15.5 Å². The molecular weight excluding hydrogens is 527 g/mol. The van der Waals surface area contributed by atoms with Crippen molar-refractivity contribution in [2.24, 2.45) is 16.8 Å². The van der Waals surface area contributed by atoms with Crippen molar-refractivity contribution in [1.29, 1.82) is 0 Å². The van der Waals surface area contributed by atoms with E-state index in [1.54, 1.807) is 23.2 Å². The van der Waals surface area contributed by atoms with Gasteiger partial charge in [-0.2, -0.15) is 0 Å². The van der Waals surface area contributed by atoms with Crippen LogP contribution in [0, 0.1) is 11.8 Å². The van der Waals surface area contributed by atoms with Crippen LogP contribution in [0.4, 0.5) is 4.39 Å². The number of hydrogen-bond donors (Lipinski definition) is 3. The lowest BCUT2D eigenvalue weighted by molar-refractivity contribution is -0.137. The molecule has 1 aromatic rings. The van der Waals surface area contributed by atoms with Crippen LogP contribution in [0.15, 0.2) is 47.6 Å². The minimum atomic E-state index is -1.08. The molecule has 0 radical (unpaired) electrons. The van der Waals surface area contributed by atoms with Crippen molar-refractivity contribution in [2.45, 2.75) is 57.9 Å². The zero-order valence-corrected chi connectivity index (χ0v) is 23.9. The number of ether oxygens (including phenoxy) is 1. The molecule has 41 heavy (non-hydrogen) atoms. The molecule has 2 heterocycles. The summed E-state index contributed by atoms with van der Waals surface area (Å²) in [6.07, 6.45) is 7.58. The Hall–Kier alpha value is -3.53. The fourth-order valence-electron chi connectivity index (χ4n) is 5.28. The highest BCUT2D eigenvalue weighted by molar-refractivity contribution is 5.87. The standard InChI is InChI=1S/C31H43FN4O5/c1-22(26-7-3-4-8-28(26)41-17-13-32)19-34-20-23(2)27(18-30(38)39)35-31(40)25-6-5-16-36(21-25)29(37)10-9-24-11-14-33-15-12-24/h3-4,7-8,19-20,24-25,27,33H,2,5-6,9-18,21H2,1H3,(H,35,40)(H,38,39)/b22-19+,34-20?/t25-,27+/m1/s1. The van der Waals surface area contributed by atoms with Crippen LogP contribution in [-0.2, 0) is 14.4 Å². The normalized spacial score (nSPS) is 19.1. The number of carbonyl (C=O) groups excluding carboxylic acids is 2. The van der Waals surface area contributed by atoms with Gasteiger partial charge in [0.2, 0.25) is 11.8 Å². The molecule has 2 aliphatic heterocycles. The maximum absolute atomic E-state index is 13.2. The number of nitrogens with zero attached hydrogens (tertiary/aromatic N) is 2. The number of aliphatic carboxylic acids is 1. The number of hydrogen-bond acceptors (Lipinski definition) is 6. The topological polar surface area (TPSA) is 120 Å². The molecule has 2 amide bonds. The Balaban J connectivity index is 1.58. The van der Waals surface area contributed by atoms with E-state index in [0.29, 0.717) is 43.2 Å². The van der Waals surface area contributed by atoms with Gasteiger partial charge in [-0.05, 0) is 75.2 Å². The van der Waals surface area contributed by atoms with Crippen LogP contribution in [0.5, 0.6) is 5.75 Å². The first-order chi connectivity index (χ1) is 19.8. The molecule has 0 spiro atoms. The maximum atomic E-state index is 13.2. The highest BCUT2D eigenvalue weighted by atomic mass is 19.1. The lowest BCUT2D eigenvalue weighted by Gasteiger charge is -2.33. The summed E-state index contributed by atoms with van der Waals surface area (Å²) in [6.45, 7) is 8.11. The number of aliphatic imine (C=N–C) groups is 1. The molecule has 0 saturated carbocycles. The largest absolute Gasteiger partial charge is 0.490 e. The Kier molecular flexibility index (Phi) is 13.0. The number of amides is 2. The van der Waals surface area contributed by atoms with Gasteiger partial charge in [0.15, 0.2) is 0 Å². The highest BCUT2D eigenvalue weighted by Gasteiger charge is 2.30. The van der Waals surface area contributed by atoms with Crippen molar-refractivity contribution in [3.8, 4) is 5.75 Å². The molecule has 9 nitrogen and oxygen atoms in total. The molecule has 3 N–H and O–H groups in total. The van der Waals surface area contributed by atoms with Gasteiger partial charge in [-0.3, -0.25) is 19.4 Å². The Labute approximate surface area is 241 Å². The Bertz CT molecular complexity index is 1120. The zero-order chi connectivity index (χ0) is 29.6. The van der Waals surface area contributed by atoms with Gasteiger partial charge in [-0.25, -0.2) is 4.39 Å². The number of allylic oxidation sites excluding steroid dienone is 1. The Morgan fingerprint density at radius 1 is 1.27 bits per heavy atom. The number of rotatable bonds is 14. The van der Waals surface area contributed by atoms with Gasteiger partial charge in [-0.15, -0.1) is 0 Å². The third-order valence-corrected chi connectivity index (χ3v) is 7.67. The molecule has 0 aromatic heterocycles. The van der Waals surface area contributed by atoms with Crippen molar-refractivity contribution in [3.63, 3.8) is 0 Å². The molecule has 0 bridgehead atoms. The number of likely N-dealkylation sites (tertiary alicyclic amines) is 1. The van der Waals surface area contributed by atoms with Crippen LogP contribution in [0.25, 0.3) is 5.57 Å². The van der Waals surface area contributed by atoms with Gasteiger partial charge >= 0.3 is 5.97 Å². The average molecular weight is 571 g/mol. The average Bonchev–Trinajstić information content (AvgIpc) is 2.98. The first kappa shape index (κ1) is 32.0. The van der Waals surface area contributed by atoms with E-state index in [1.807, 2.05) is 19.1 Å². The number of piperidine rings is 2. The van der Waals surface area contributed by atoms with E-state index in [2.05, 4.69) is 22.2 Å². The van der Waals surface area contributed by atoms with Crippen LogP contribution < -0.4 is 15.4 Å². The molecule has 3 rings (SSSR count). The number of carboxylic acid groups (broad SMARTS) is 1. The summed E-state index contributed by atoms with van der Waals surface area (Å²) in [6, 6.07) is 6.38. The SMILES string of the molecule is C=C(C=N/C=C(\C)c1ccccc1OCCF)[C@H](CC(=O)O)NC(=O)[C@@H]1CCCN(C(=O)CCC2CCNCC2)C1. The summed E-state index contributed by atoms with van der Waals surface area (Å²) >= 11 is 0. The zero-order valence-electron chi connectivity index (χ0n) is 23.9. The van der Waals surface area contributed by atoms with Crippen LogP contribution in [0.3, 0.4) is 0 Å². The van der Waals surface area contributed by atoms with Crippen molar-refractivity contribution >= 4 is 29.6 Å². The fraction of sp³-hybridized carbons (Fsp3) is 0.548. The van der Waals surface area contributed by atoms with E-state index in [9.17, 15) is 23.9 Å². The van der Waals surface area contributed by atoms with Crippen LogP contribution >= 0.6 is 0 Å². The molecule has 2 fully saturated rings. The number of alkyl halides is 1. The van der Waals surface area contributed by atoms with Crippen molar-refractivity contribution in [3.05, 3.63) is 48.2 Å². The van der Waals surface area contributed by atoms with E-state index >= 15 is 0 Å². The van der Waals surface area contributed by atoms with Gasteiger partial charge in [0.1, 0.15) is 19.0 Å². The molecule has 0 aliphatic carbocycles. The minimum Gasteiger partial charge on any atom is -0.490 e. The molecule has 1 aromatic carbocycles. The molecule has 2 aliphatic rings. The summed E-state index contributed by atoms with van der Waals surface area (Å²) < 4.78 is 18.0. The monoisotopic (exact) mass is 570 g/mol. The molecule has 2 saturated heterocycles. The second-order valence-corrected chi connectivity index (χ2v) is 10.8. The van der Waals surface area contributed by atoms with Gasteiger partial charge in [-0.1, -0.05) is 24.8 Å². The first-order valence-electron chi connectivity index (χ1n) is 14.5. The summed E-state index contributed by atoms with van der Waals surface area (Å²) in [5, 5.41) is 15.6. The van der Waals surface area contributed by atoms with Gasteiger partial charge in [0.05, 0.1) is 18.4 Å². The van der Waals surface area contributed by atoms with E-state index in [-0.39, 0.29) is 24.8 Å². The lowest BCUT2D eigenvalue weighted by Crippen LogP contribution is -2.48. The number of carbonyl (C=O) groups is 3. The molecule has 2 atom stereocenters. The van der Waals surface area contributed by atoms with E-state index in [4.69, 9.17) is 4.74 Å².